The number of hydrogen-bond acceptors (Lipinski definition) is 4. The zero-order valence-corrected chi connectivity index (χ0v) is 17.1. The average molecular weight is 409 g/mol. The van der Waals surface area contributed by atoms with Gasteiger partial charge in [0.05, 0.1) is 5.69 Å². The topological polar surface area (TPSA) is 74.8 Å². The zero-order valence-electron chi connectivity index (χ0n) is 17.1. The van der Waals surface area contributed by atoms with Gasteiger partial charge in [-0.1, -0.05) is 12.1 Å². The first kappa shape index (κ1) is 20.2. The number of aromatic nitrogens is 1. The average Bonchev–Trinajstić information content (AvgIpc) is 3.33. The molecule has 4 rings (SSSR count). The molecule has 3 heterocycles. The number of ether oxygens (including phenoxy) is 1. The van der Waals surface area contributed by atoms with Crippen LogP contribution in [-0.4, -0.2) is 52.9 Å². The van der Waals surface area contributed by atoms with Gasteiger partial charge in [-0.15, -0.1) is 0 Å². The number of benzene rings is 1. The summed E-state index contributed by atoms with van der Waals surface area (Å²) >= 11 is 0. The summed E-state index contributed by atoms with van der Waals surface area (Å²) in [5.41, 5.74) is 1.57. The minimum absolute atomic E-state index is 0.00477. The summed E-state index contributed by atoms with van der Waals surface area (Å²) in [6, 6.07) is 13.2. The van der Waals surface area contributed by atoms with Crippen LogP contribution in [0.5, 0.6) is 5.75 Å². The van der Waals surface area contributed by atoms with Crippen LogP contribution in [0.15, 0.2) is 48.7 Å². The lowest BCUT2D eigenvalue weighted by Crippen LogP contribution is -2.47. The summed E-state index contributed by atoms with van der Waals surface area (Å²) in [7, 11) is 0. The Hall–Kier alpha value is -3.09. The van der Waals surface area contributed by atoms with Crippen molar-refractivity contribution in [1.82, 2.24) is 14.8 Å². The predicted molar refractivity (Wildman–Crippen MR) is 114 cm³/mol. The summed E-state index contributed by atoms with van der Waals surface area (Å²) in [6.07, 6.45) is 5.31. The van der Waals surface area contributed by atoms with Crippen LogP contribution in [0.2, 0.25) is 0 Å². The highest BCUT2D eigenvalue weighted by Gasteiger charge is 2.30. The first-order chi connectivity index (χ1) is 14.7. The number of hydrogen-bond donors (Lipinski definition) is 1. The lowest BCUT2D eigenvalue weighted by atomic mass is 9.96. The Balaban J connectivity index is 1.26. The van der Waals surface area contributed by atoms with Crippen molar-refractivity contribution < 1.29 is 14.3 Å². The van der Waals surface area contributed by atoms with Crippen LogP contribution in [0.25, 0.3) is 0 Å². The molecule has 2 saturated heterocycles. The number of rotatable bonds is 5. The minimum atomic E-state index is -0.0780. The van der Waals surface area contributed by atoms with Gasteiger partial charge in [-0.3, -0.25) is 9.78 Å². The third-order valence-electron chi connectivity index (χ3n) is 5.73. The van der Waals surface area contributed by atoms with Crippen LogP contribution in [0, 0.1) is 5.92 Å². The minimum Gasteiger partial charge on any atom is -0.487 e. The van der Waals surface area contributed by atoms with Gasteiger partial charge in [0.25, 0.3) is 0 Å². The summed E-state index contributed by atoms with van der Waals surface area (Å²) in [6.45, 7) is 3.37. The molecule has 0 saturated carbocycles. The number of carbonyl (C=O) groups is 2. The van der Waals surface area contributed by atoms with Crippen LogP contribution in [-0.2, 0) is 11.4 Å². The number of piperidine rings is 1. The molecule has 0 bridgehead atoms. The maximum atomic E-state index is 12.7. The first-order valence-corrected chi connectivity index (χ1v) is 10.7. The number of likely N-dealkylation sites (tertiary alicyclic amines) is 2. The van der Waals surface area contributed by atoms with Gasteiger partial charge in [-0.05, 0) is 49.9 Å². The molecule has 7 nitrogen and oxygen atoms in total. The smallest absolute Gasteiger partial charge is 0.319 e. The van der Waals surface area contributed by atoms with Gasteiger partial charge in [-0.25, -0.2) is 4.79 Å². The predicted octanol–water partition coefficient (Wildman–Crippen LogP) is 3.53. The Morgan fingerprint density at radius 2 is 1.77 bits per heavy atom. The van der Waals surface area contributed by atoms with Gasteiger partial charge < -0.3 is 19.9 Å². The number of urea groups is 1. The second-order valence-electron chi connectivity index (χ2n) is 7.86. The molecule has 30 heavy (non-hydrogen) atoms. The molecule has 0 aliphatic carbocycles. The molecule has 2 fully saturated rings. The number of nitrogens with zero attached hydrogens (tertiary/aromatic N) is 3. The second kappa shape index (κ2) is 9.61. The van der Waals surface area contributed by atoms with Crippen LogP contribution in [0.3, 0.4) is 0 Å². The Labute approximate surface area is 177 Å². The molecule has 0 spiro atoms. The molecule has 158 valence electrons. The molecule has 1 aromatic carbocycles. The van der Waals surface area contributed by atoms with Crippen molar-refractivity contribution in [2.24, 2.45) is 5.92 Å². The van der Waals surface area contributed by atoms with Crippen molar-refractivity contribution in [3.8, 4) is 5.75 Å². The highest BCUT2D eigenvalue weighted by molar-refractivity contribution is 5.93. The number of pyridine rings is 1. The standard InChI is InChI=1S/C23H28N4O3/c28-22(18-9-14-27(15-10-18)23(29)26-12-3-4-13-26)25-19-7-5-8-21(16-19)30-17-20-6-1-2-11-24-20/h1-2,5-8,11,16,18H,3-4,9-10,12-15,17H2,(H,25,28). The Kier molecular flexibility index (Phi) is 6.47. The number of carbonyl (C=O) groups excluding carboxylic acids is 2. The third kappa shape index (κ3) is 5.09. The van der Waals surface area contributed by atoms with Crippen LogP contribution in [0.4, 0.5) is 10.5 Å². The van der Waals surface area contributed by atoms with Crippen LogP contribution < -0.4 is 10.1 Å². The molecule has 1 aromatic heterocycles. The van der Waals surface area contributed by atoms with Gasteiger partial charge in [0.15, 0.2) is 0 Å². The molecular weight excluding hydrogens is 380 g/mol. The van der Waals surface area contributed by atoms with E-state index in [1.165, 1.54) is 0 Å². The highest BCUT2D eigenvalue weighted by atomic mass is 16.5. The van der Waals surface area contributed by atoms with E-state index in [4.69, 9.17) is 4.74 Å². The van der Waals surface area contributed by atoms with E-state index in [1.54, 1.807) is 6.20 Å². The molecule has 3 amide bonds. The fourth-order valence-corrected chi connectivity index (χ4v) is 3.99. The van der Waals surface area contributed by atoms with Crippen molar-refractivity contribution in [3.05, 3.63) is 54.4 Å². The van der Waals surface area contributed by atoms with Crippen molar-refractivity contribution in [1.29, 1.82) is 0 Å². The Bertz CT molecular complexity index is 860. The Morgan fingerprint density at radius 1 is 1.00 bits per heavy atom. The summed E-state index contributed by atoms with van der Waals surface area (Å²) < 4.78 is 5.79. The molecule has 0 unspecified atom stereocenters. The molecule has 1 N–H and O–H groups in total. The van der Waals surface area contributed by atoms with Crippen molar-refractivity contribution >= 4 is 17.6 Å². The molecule has 7 heteroatoms. The molecule has 0 atom stereocenters. The lowest BCUT2D eigenvalue weighted by molar-refractivity contribution is -0.121. The quantitative estimate of drug-likeness (QED) is 0.821. The molecule has 2 aliphatic heterocycles. The molecule has 0 radical (unpaired) electrons. The van der Waals surface area contributed by atoms with Gasteiger partial charge in [0.1, 0.15) is 12.4 Å². The van der Waals surface area contributed by atoms with E-state index in [-0.39, 0.29) is 17.9 Å². The normalized spacial score (nSPS) is 17.1. The van der Waals surface area contributed by atoms with E-state index in [9.17, 15) is 9.59 Å². The van der Waals surface area contributed by atoms with Crippen molar-refractivity contribution in [3.63, 3.8) is 0 Å². The maximum Gasteiger partial charge on any atom is 0.319 e. The fraction of sp³-hybridized carbons (Fsp3) is 0.435. The fourth-order valence-electron chi connectivity index (χ4n) is 3.99. The van der Waals surface area contributed by atoms with E-state index < -0.39 is 0 Å². The van der Waals surface area contributed by atoms with Gasteiger partial charge in [0, 0.05) is 50.0 Å². The monoisotopic (exact) mass is 408 g/mol. The SMILES string of the molecule is O=C(Nc1cccc(OCc2ccccn2)c1)C1CCN(C(=O)N2CCCC2)CC1. The molecular formula is C23H28N4O3. The lowest BCUT2D eigenvalue weighted by Gasteiger charge is -2.34. The first-order valence-electron chi connectivity index (χ1n) is 10.7. The van der Waals surface area contributed by atoms with Crippen LogP contribution in [0.1, 0.15) is 31.4 Å². The van der Waals surface area contributed by atoms with E-state index in [2.05, 4.69) is 10.3 Å². The van der Waals surface area contributed by atoms with Gasteiger partial charge >= 0.3 is 6.03 Å². The summed E-state index contributed by atoms with van der Waals surface area (Å²) in [4.78, 5) is 33.3. The van der Waals surface area contributed by atoms with Gasteiger partial charge in [0.2, 0.25) is 5.91 Å². The van der Waals surface area contributed by atoms with E-state index >= 15 is 0 Å². The maximum absolute atomic E-state index is 12.7. The van der Waals surface area contributed by atoms with E-state index in [0.29, 0.717) is 44.0 Å². The third-order valence-corrected chi connectivity index (χ3v) is 5.73. The van der Waals surface area contributed by atoms with E-state index in [1.807, 2.05) is 52.3 Å². The van der Waals surface area contributed by atoms with Crippen molar-refractivity contribution in [2.45, 2.75) is 32.3 Å². The second-order valence-corrected chi connectivity index (χ2v) is 7.86. The molecule has 2 aromatic rings. The largest absolute Gasteiger partial charge is 0.487 e. The van der Waals surface area contributed by atoms with Crippen LogP contribution >= 0.6 is 0 Å². The van der Waals surface area contributed by atoms with Gasteiger partial charge in [-0.2, -0.15) is 0 Å². The van der Waals surface area contributed by atoms with E-state index in [0.717, 1.165) is 31.6 Å². The molecule has 2 aliphatic rings. The number of nitrogens with one attached hydrogen (secondary N) is 1. The highest BCUT2D eigenvalue weighted by Crippen LogP contribution is 2.23. The zero-order chi connectivity index (χ0) is 20.8. The van der Waals surface area contributed by atoms with Crippen molar-refractivity contribution in [2.75, 3.05) is 31.5 Å². The Morgan fingerprint density at radius 3 is 2.50 bits per heavy atom. The number of amides is 3. The summed E-state index contributed by atoms with van der Waals surface area (Å²) in [5.74, 6) is 0.611. The number of anilines is 1. The summed E-state index contributed by atoms with van der Waals surface area (Å²) in [5, 5.41) is 3.00.